The molecular formula is C21H22N4O3. The topological polar surface area (TPSA) is 76.6 Å². The molecule has 3 aromatic rings. The average Bonchev–Trinajstić information content (AvgIpc) is 3.23. The lowest BCUT2D eigenvalue weighted by Crippen LogP contribution is -2.40. The number of nitrogens with one attached hydrogen (secondary N) is 1. The van der Waals surface area contributed by atoms with Gasteiger partial charge in [-0.2, -0.15) is 0 Å². The molecule has 0 unspecified atom stereocenters. The summed E-state index contributed by atoms with van der Waals surface area (Å²) in [5.74, 6) is 1.95. The number of methoxy groups -OCH3 is 2. The number of anilines is 2. The van der Waals surface area contributed by atoms with E-state index in [2.05, 4.69) is 20.2 Å². The molecule has 0 spiro atoms. The van der Waals surface area contributed by atoms with Gasteiger partial charge < -0.3 is 19.7 Å². The number of ether oxygens (including phenoxy) is 2. The Hall–Kier alpha value is -3.35. The second-order valence-electron chi connectivity index (χ2n) is 6.62. The summed E-state index contributed by atoms with van der Waals surface area (Å²) in [6, 6.07) is 12.9. The summed E-state index contributed by atoms with van der Waals surface area (Å²) in [6.07, 6.45) is 3.25. The fourth-order valence-electron chi connectivity index (χ4n) is 3.63. The highest BCUT2D eigenvalue weighted by Crippen LogP contribution is 2.32. The number of benzene rings is 2. The maximum absolute atomic E-state index is 13.1. The fraction of sp³-hybridized carbons (Fsp3) is 0.286. The van der Waals surface area contributed by atoms with Crippen molar-refractivity contribution in [1.82, 2.24) is 9.97 Å². The number of para-hydroxylation sites is 1. The minimum absolute atomic E-state index is 0.0799. The lowest BCUT2D eigenvalue weighted by atomic mass is 10.1. The van der Waals surface area contributed by atoms with Crippen LogP contribution in [-0.2, 0) is 4.79 Å². The van der Waals surface area contributed by atoms with Crippen molar-refractivity contribution in [2.45, 2.75) is 18.9 Å². The van der Waals surface area contributed by atoms with Gasteiger partial charge in [0.05, 0.1) is 25.4 Å². The van der Waals surface area contributed by atoms with Gasteiger partial charge in [0.25, 0.3) is 0 Å². The third-order valence-corrected chi connectivity index (χ3v) is 5.02. The largest absolute Gasteiger partial charge is 0.497 e. The SMILES string of the molecule is COc1ccc(NC(=O)[C@@H]2CCCN2c2ncnc3ccccc23)c(OC)c1. The predicted octanol–water partition coefficient (Wildman–Crippen LogP) is 3.25. The molecule has 1 aromatic heterocycles. The summed E-state index contributed by atoms with van der Waals surface area (Å²) >= 11 is 0. The number of carbonyl (C=O) groups excluding carboxylic acids is 1. The molecule has 28 heavy (non-hydrogen) atoms. The molecule has 2 aromatic carbocycles. The zero-order chi connectivity index (χ0) is 19.5. The summed E-state index contributed by atoms with van der Waals surface area (Å²) in [5, 5.41) is 3.95. The maximum Gasteiger partial charge on any atom is 0.247 e. The first-order chi connectivity index (χ1) is 13.7. The zero-order valence-corrected chi connectivity index (χ0v) is 15.9. The van der Waals surface area contributed by atoms with Crippen LogP contribution >= 0.6 is 0 Å². The number of hydrogen-bond acceptors (Lipinski definition) is 6. The standard InChI is InChI=1S/C21H22N4O3/c1-27-14-9-10-17(19(12-14)28-2)24-21(26)18-8-5-11-25(18)20-15-6-3-4-7-16(15)22-13-23-20/h3-4,6-7,9-10,12-13,18H,5,8,11H2,1-2H3,(H,24,26)/t18-/m0/s1. The Morgan fingerprint density at radius 3 is 2.82 bits per heavy atom. The molecule has 144 valence electrons. The first-order valence-corrected chi connectivity index (χ1v) is 9.20. The molecule has 0 saturated carbocycles. The van der Waals surface area contributed by atoms with Gasteiger partial charge in [0.2, 0.25) is 5.91 Å². The molecule has 7 nitrogen and oxygen atoms in total. The second kappa shape index (κ2) is 7.72. The maximum atomic E-state index is 13.1. The van der Waals surface area contributed by atoms with Gasteiger partial charge in [-0.05, 0) is 37.1 Å². The van der Waals surface area contributed by atoms with Crippen molar-refractivity contribution in [3.63, 3.8) is 0 Å². The second-order valence-corrected chi connectivity index (χ2v) is 6.62. The molecule has 7 heteroatoms. The third-order valence-electron chi connectivity index (χ3n) is 5.02. The minimum Gasteiger partial charge on any atom is -0.497 e. The number of nitrogens with zero attached hydrogens (tertiary/aromatic N) is 3. The van der Waals surface area contributed by atoms with Crippen LogP contribution in [0.5, 0.6) is 11.5 Å². The van der Waals surface area contributed by atoms with E-state index in [0.29, 0.717) is 17.2 Å². The summed E-state index contributed by atoms with van der Waals surface area (Å²) in [5.41, 5.74) is 1.49. The van der Waals surface area contributed by atoms with E-state index in [9.17, 15) is 4.79 Å². The molecule has 0 radical (unpaired) electrons. The number of rotatable bonds is 5. The Kier molecular flexibility index (Phi) is 4.97. The first-order valence-electron chi connectivity index (χ1n) is 9.20. The minimum atomic E-state index is -0.301. The van der Waals surface area contributed by atoms with Crippen molar-refractivity contribution in [1.29, 1.82) is 0 Å². The smallest absolute Gasteiger partial charge is 0.247 e. The number of amides is 1. The Morgan fingerprint density at radius 2 is 2.00 bits per heavy atom. The lowest BCUT2D eigenvalue weighted by Gasteiger charge is -2.26. The Bertz CT molecular complexity index is 1000. The van der Waals surface area contributed by atoms with Crippen molar-refractivity contribution in [3.05, 3.63) is 48.8 Å². The molecular weight excluding hydrogens is 356 g/mol. The Labute approximate surface area is 163 Å². The third kappa shape index (κ3) is 3.31. The first kappa shape index (κ1) is 18.0. The van der Waals surface area contributed by atoms with Crippen molar-refractivity contribution in [2.75, 3.05) is 31.0 Å². The van der Waals surface area contributed by atoms with E-state index in [1.54, 1.807) is 38.7 Å². The van der Waals surface area contributed by atoms with E-state index < -0.39 is 0 Å². The molecule has 0 aliphatic carbocycles. The van der Waals surface area contributed by atoms with Crippen molar-refractivity contribution < 1.29 is 14.3 Å². The van der Waals surface area contributed by atoms with Crippen molar-refractivity contribution in [2.24, 2.45) is 0 Å². The number of aromatic nitrogens is 2. The molecule has 1 fully saturated rings. The molecule has 0 bridgehead atoms. The van der Waals surface area contributed by atoms with Crippen molar-refractivity contribution in [3.8, 4) is 11.5 Å². The van der Waals surface area contributed by atoms with Crippen LogP contribution in [0.1, 0.15) is 12.8 Å². The van der Waals surface area contributed by atoms with Gasteiger partial charge in [-0.3, -0.25) is 4.79 Å². The van der Waals surface area contributed by atoms with E-state index >= 15 is 0 Å². The van der Waals surface area contributed by atoms with Crippen LogP contribution in [0, 0.1) is 0 Å². The van der Waals surface area contributed by atoms with Crippen LogP contribution in [0.2, 0.25) is 0 Å². The number of fused-ring (bicyclic) bond motifs is 1. The Morgan fingerprint density at radius 1 is 1.14 bits per heavy atom. The van der Waals surface area contributed by atoms with Crippen LogP contribution in [0.25, 0.3) is 10.9 Å². The lowest BCUT2D eigenvalue weighted by molar-refractivity contribution is -0.117. The zero-order valence-electron chi connectivity index (χ0n) is 15.9. The number of hydrogen-bond donors (Lipinski definition) is 1. The highest BCUT2D eigenvalue weighted by Gasteiger charge is 2.33. The monoisotopic (exact) mass is 378 g/mol. The predicted molar refractivity (Wildman–Crippen MR) is 108 cm³/mol. The quantitative estimate of drug-likeness (QED) is 0.734. The molecule has 4 rings (SSSR count). The van der Waals surface area contributed by atoms with Crippen LogP contribution in [-0.4, -0.2) is 42.7 Å². The van der Waals surface area contributed by atoms with Gasteiger partial charge in [0, 0.05) is 18.0 Å². The van der Waals surface area contributed by atoms with Crippen molar-refractivity contribution >= 4 is 28.3 Å². The van der Waals surface area contributed by atoms with E-state index in [0.717, 1.165) is 36.1 Å². The molecule has 1 aliphatic heterocycles. The molecule has 2 heterocycles. The summed E-state index contributed by atoms with van der Waals surface area (Å²) in [7, 11) is 3.16. The summed E-state index contributed by atoms with van der Waals surface area (Å²) in [4.78, 5) is 23.9. The van der Waals surface area contributed by atoms with Gasteiger partial charge in [-0.1, -0.05) is 12.1 Å². The molecule has 1 amide bonds. The van der Waals surface area contributed by atoms with Crippen LogP contribution < -0.4 is 19.7 Å². The molecule has 1 N–H and O–H groups in total. The highest BCUT2D eigenvalue weighted by molar-refractivity contribution is 6.00. The Balaban J connectivity index is 1.61. The summed E-state index contributed by atoms with van der Waals surface area (Å²) in [6.45, 7) is 0.777. The van der Waals surface area contributed by atoms with Gasteiger partial charge >= 0.3 is 0 Å². The normalized spacial score (nSPS) is 16.2. The van der Waals surface area contributed by atoms with E-state index in [4.69, 9.17) is 9.47 Å². The molecule has 1 aliphatic rings. The van der Waals surface area contributed by atoms with E-state index in [1.165, 1.54) is 0 Å². The summed E-state index contributed by atoms with van der Waals surface area (Å²) < 4.78 is 10.6. The van der Waals surface area contributed by atoms with Crippen LogP contribution in [0.15, 0.2) is 48.8 Å². The fourth-order valence-corrected chi connectivity index (χ4v) is 3.63. The van der Waals surface area contributed by atoms with E-state index in [-0.39, 0.29) is 11.9 Å². The van der Waals surface area contributed by atoms with Gasteiger partial charge in [-0.15, -0.1) is 0 Å². The highest BCUT2D eigenvalue weighted by atomic mass is 16.5. The van der Waals surface area contributed by atoms with Crippen LogP contribution in [0.3, 0.4) is 0 Å². The average molecular weight is 378 g/mol. The number of carbonyl (C=O) groups is 1. The van der Waals surface area contributed by atoms with Crippen LogP contribution in [0.4, 0.5) is 11.5 Å². The molecule has 1 saturated heterocycles. The molecule has 1 atom stereocenters. The van der Waals surface area contributed by atoms with Gasteiger partial charge in [-0.25, -0.2) is 9.97 Å². The van der Waals surface area contributed by atoms with Gasteiger partial charge in [0.15, 0.2) is 0 Å². The van der Waals surface area contributed by atoms with E-state index in [1.807, 2.05) is 24.3 Å². The van der Waals surface area contributed by atoms with Gasteiger partial charge in [0.1, 0.15) is 29.7 Å².